The Morgan fingerprint density at radius 1 is 1.23 bits per heavy atom. The third kappa shape index (κ3) is 2.33. The van der Waals surface area contributed by atoms with Gasteiger partial charge < -0.3 is 5.73 Å². The van der Waals surface area contributed by atoms with Crippen LogP contribution in [0.5, 0.6) is 0 Å². The van der Waals surface area contributed by atoms with Gasteiger partial charge in [0.05, 0.1) is 29.2 Å². The number of nitrogens with zero attached hydrogens (tertiary/aromatic N) is 2. The second-order valence-corrected chi connectivity index (χ2v) is 7.08. The maximum Gasteiger partial charge on any atom is 0.269 e. The van der Waals surface area contributed by atoms with Gasteiger partial charge in [0, 0.05) is 12.1 Å². The molecule has 0 spiro atoms. The quantitative estimate of drug-likeness (QED) is 0.369. The fraction of sp³-hybridized carbons (Fsp3) is 0.389. The number of allylic oxidation sites excluding steroid dienone is 2. The number of nitro benzene ring substituents is 1. The van der Waals surface area contributed by atoms with Gasteiger partial charge in [0.1, 0.15) is 0 Å². The zero-order chi connectivity index (χ0) is 18.6. The molecule has 26 heavy (non-hydrogen) atoms. The molecule has 2 bridgehead atoms. The number of carbonyl (C=O) groups excluding carboxylic acids is 3. The molecule has 0 aromatic heterocycles. The number of imide groups is 1. The second kappa shape index (κ2) is 5.76. The zero-order valence-corrected chi connectivity index (χ0v) is 13.8. The summed E-state index contributed by atoms with van der Waals surface area (Å²) in [5.41, 5.74) is 5.53. The van der Waals surface area contributed by atoms with Crippen molar-refractivity contribution >= 4 is 23.4 Å². The SMILES string of the molecule is NC(=O)CC(c1cccc([N+](=O)[O-])c1)N1C(=O)C2C3C=CC(C3)C2C1=O. The Morgan fingerprint density at radius 2 is 1.85 bits per heavy atom. The van der Waals surface area contributed by atoms with Gasteiger partial charge in [0.15, 0.2) is 0 Å². The minimum absolute atomic E-state index is 0.0470. The number of fused-ring (bicyclic) bond motifs is 5. The number of amides is 3. The van der Waals surface area contributed by atoms with Crippen molar-refractivity contribution in [2.75, 3.05) is 0 Å². The highest BCUT2D eigenvalue weighted by atomic mass is 16.6. The average molecular weight is 355 g/mol. The van der Waals surface area contributed by atoms with Gasteiger partial charge in [0.25, 0.3) is 5.69 Å². The first kappa shape index (κ1) is 16.4. The fourth-order valence-corrected chi connectivity index (χ4v) is 4.63. The summed E-state index contributed by atoms with van der Waals surface area (Å²) in [5.74, 6) is -2.00. The van der Waals surface area contributed by atoms with E-state index >= 15 is 0 Å². The molecule has 1 saturated carbocycles. The van der Waals surface area contributed by atoms with E-state index in [-0.39, 0.29) is 35.8 Å². The van der Waals surface area contributed by atoms with E-state index in [9.17, 15) is 24.5 Å². The minimum Gasteiger partial charge on any atom is -0.370 e. The van der Waals surface area contributed by atoms with Crippen LogP contribution in [0, 0.1) is 33.8 Å². The van der Waals surface area contributed by atoms with Gasteiger partial charge in [-0.15, -0.1) is 0 Å². The Morgan fingerprint density at radius 3 is 2.38 bits per heavy atom. The van der Waals surface area contributed by atoms with Gasteiger partial charge in [-0.05, 0) is 23.8 Å². The highest BCUT2D eigenvalue weighted by Gasteiger charge is 2.60. The third-order valence-electron chi connectivity index (χ3n) is 5.68. The van der Waals surface area contributed by atoms with E-state index in [2.05, 4.69) is 0 Å². The molecule has 4 rings (SSSR count). The van der Waals surface area contributed by atoms with Crippen LogP contribution in [0.25, 0.3) is 0 Å². The summed E-state index contributed by atoms with van der Waals surface area (Å²) in [6.07, 6.45) is 4.51. The van der Waals surface area contributed by atoms with Gasteiger partial charge in [-0.1, -0.05) is 24.3 Å². The van der Waals surface area contributed by atoms with Gasteiger partial charge in [-0.3, -0.25) is 29.4 Å². The Bertz CT molecular complexity index is 834. The van der Waals surface area contributed by atoms with Crippen molar-refractivity contribution in [2.45, 2.75) is 18.9 Å². The van der Waals surface area contributed by atoms with Crippen molar-refractivity contribution in [1.82, 2.24) is 4.90 Å². The standard InChI is InChI=1S/C18H17N3O5/c19-14(22)8-13(9-2-1-3-12(7-9)21(25)26)20-17(23)15-10-4-5-11(6-10)16(15)18(20)24/h1-5,7,10-11,13,15-16H,6,8H2,(H2,19,22). The molecule has 5 atom stereocenters. The lowest BCUT2D eigenvalue weighted by Gasteiger charge is -2.27. The van der Waals surface area contributed by atoms with Crippen molar-refractivity contribution in [3.8, 4) is 0 Å². The first-order valence-corrected chi connectivity index (χ1v) is 8.46. The van der Waals surface area contributed by atoms with E-state index in [1.807, 2.05) is 12.2 Å². The Labute approximate surface area is 148 Å². The number of hydrogen-bond donors (Lipinski definition) is 1. The van der Waals surface area contributed by atoms with Crippen molar-refractivity contribution in [3.05, 3.63) is 52.1 Å². The predicted molar refractivity (Wildman–Crippen MR) is 89.2 cm³/mol. The molecule has 8 nitrogen and oxygen atoms in total. The number of primary amides is 1. The fourth-order valence-electron chi connectivity index (χ4n) is 4.63. The van der Waals surface area contributed by atoms with Crippen LogP contribution in [-0.2, 0) is 14.4 Å². The number of benzene rings is 1. The van der Waals surface area contributed by atoms with E-state index in [0.717, 1.165) is 11.3 Å². The molecular weight excluding hydrogens is 338 g/mol. The summed E-state index contributed by atoms with van der Waals surface area (Å²) in [4.78, 5) is 49.2. The van der Waals surface area contributed by atoms with Crippen LogP contribution >= 0.6 is 0 Å². The molecule has 2 N–H and O–H groups in total. The molecule has 2 fully saturated rings. The average Bonchev–Trinajstić information content (AvgIpc) is 3.27. The third-order valence-corrected chi connectivity index (χ3v) is 5.68. The first-order chi connectivity index (χ1) is 12.4. The molecule has 3 amide bonds. The summed E-state index contributed by atoms with van der Waals surface area (Å²) in [5, 5.41) is 11.1. The smallest absolute Gasteiger partial charge is 0.269 e. The number of hydrogen-bond acceptors (Lipinski definition) is 5. The van der Waals surface area contributed by atoms with Crippen LogP contribution in [0.1, 0.15) is 24.4 Å². The van der Waals surface area contributed by atoms with E-state index in [1.165, 1.54) is 18.2 Å². The topological polar surface area (TPSA) is 124 Å². The molecule has 1 aliphatic heterocycles. The van der Waals surface area contributed by atoms with E-state index in [0.29, 0.717) is 5.56 Å². The van der Waals surface area contributed by atoms with Gasteiger partial charge >= 0.3 is 0 Å². The lowest BCUT2D eigenvalue weighted by atomic mass is 9.85. The number of likely N-dealkylation sites (tertiary alicyclic amines) is 1. The lowest BCUT2D eigenvalue weighted by molar-refractivity contribution is -0.385. The van der Waals surface area contributed by atoms with E-state index in [1.54, 1.807) is 6.07 Å². The second-order valence-electron chi connectivity index (χ2n) is 7.08. The van der Waals surface area contributed by atoms with Gasteiger partial charge in [-0.25, -0.2) is 0 Å². The van der Waals surface area contributed by atoms with Crippen LogP contribution in [0.2, 0.25) is 0 Å². The minimum atomic E-state index is -0.919. The van der Waals surface area contributed by atoms with Crippen molar-refractivity contribution < 1.29 is 19.3 Å². The largest absolute Gasteiger partial charge is 0.370 e. The molecule has 134 valence electrons. The predicted octanol–water partition coefficient (Wildman–Crippen LogP) is 1.32. The van der Waals surface area contributed by atoms with Crippen LogP contribution < -0.4 is 5.73 Å². The van der Waals surface area contributed by atoms with E-state index in [4.69, 9.17) is 5.73 Å². The van der Waals surface area contributed by atoms with Crippen LogP contribution in [0.3, 0.4) is 0 Å². The summed E-state index contributed by atoms with van der Waals surface area (Å²) >= 11 is 0. The first-order valence-electron chi connectivity index (χ1n) is 8.46. The Balaban J connectivity index is 1.73. The maximum atomic E-state index is 13.0. The maximum absolute atomic E-state index is 13.0. The van der Waals surface area contributed by atoms with Crippen LogP contribution in [0.4, 0.5) is 5.69 Å². The van der Waals surface area contributed by atoms with Crippen LogP contribution in [-0.4, -0.2) is 27.5 Å². The summed E-state index contributed by atoms with van der Waals surface area (Å²) in [7, 11) is 0. The van der Waals surface area contributed by atoms with Crippen molar-refractivity contribution in [3.63, 3.8) is 0 Å². The molecule has 5 unspecified atom stereocenters. The molecule has 2 aliphatic carbocycles. The van der Waals surface area contributed by atoms with Crippen molar-refractivity contribution in [1.29, 1.82) is 0 Å². The van der Waals surface area contributed by atoms with E-state index < -0.39 is 28.7 Å². The number of nitrogens with two attached hydrogens (primary N) is 1. The number of nitro groups is 1. The van der Waals surface area contributed by atoms with Gasteiger partial charge in [-0.2, -0.15) is 0 Å². The molecule has 1 aromatic carbocycles. The number of non-ortho nitro benzene ring substituents is 1. The Hall–Kier alpha value is -3.03. The molecule has 1 aromatic rings. The van der Waals surface area contributed by atoms with Crippen LogP contribution in [0.15, 0.2) is 36.4 Å². The van der Waals surface area contributed by atoms with Gasteiger partial charge in [0.2, 0.25) is 17.7 Å². The number of carbonyl (C=O) groups is 3. The summed E-state index contributed by atoms with van der Waals surface area (Å²) in [6, 6.07) is 4.73. The highest BCUT2D eigenvalue weighted by molar-refractivity contribution is 6.07. The monoisotopic (exact) mass is 355 g/mol. The summed E-state index contributed by atoms with van der Waals surface area (Å²) in [6.45, 7) is 0. The normalized spacial score (nSPS) is 29.9. The van der Waals surface area contributed by atoms with Crippen molar-refractivity contribution in [2.24, 2.45) is 29.4 Å². The molecule has 0 radical (unpaired) electrons. The molecule has 8 heteroatoms. The molecule has 1 saturated heterocycles. The lowest BCUT2D eigenvalue weighted by Crippen LogP contribution is -2.38. The molecular formula is C18H17N3O5. The zero-order valence-electron chi connectivity index (χ0n) is 13.8. The summed E-state index contributed by atoms with van der Waals surface area (Å²) < 4.78 is 0. The molecule has 1 heterocycles. The Kier molecular flexibility index (Phi) is 3.64. The highest BCUT2D eigenvalue weighted by Crippen LogP contribution is 2.54. The molecule has 3 aliphatic rings. The number of rotatable bonds is 5.